The largest absolute Gasteiger partial charge is 0.758 e. The molecular weight excluding hydrogens is 376 g/mol. The van der Waals surface area contributed by atoms with E-state index in [2.05, 4.69) is 4.99 Å². The van der Waals surface area contributed by atoms with Crippen LogP contribution in [0, 0.1) is 6.92 Å². The number of halogens is 1. The minimum absolute atomic E-state index is 0.124. The summed E-state index contributed by atoms with van der Waals surface area (Å²) < 4.78 is 7.63. The highest BCUT2D eigenvalue weighted by Gasteiger charge is 2.29. The highest BCUT2D eigenvalue weighted by molar-refractivity contribution is 7.77. The number of aryl methyl sites for hydroxylation is 1. The summed E-state index contributed by atoms with van der Waals surface area (Å²) in [6.07, 6.45) is 5.28. The summed E-state index contributed by atoms with van der Waals surface area (Å²) in [5, 5.41) is 0.307. The maximum Gasteiger partial charge on any atom is 0.244 e. The van der Waals surface area contributed by atoms with E-state index in [9.17, 15) is 4.79 Å². The van der Waals surface area contributed by atoms with Crippen molar-refractivity contribution in [1.29, 1.82) is 0 Å². The van der Waals surface area contributed by atoms with Crippen LogP contribution in [0.1, 0.15) is 27.0 Å². The highest BCUT2D eigenvalue weighted by atomic mass is 35.5. The lowest BCUT2D eigenvalue weighted by Crippen LogP contribution is -2.47. The standard InChI is InChI=1S/C18H15ClN2O2S2/c1-12-4-2-8-21(11-12)16(17(22)14-6-7-15(19)25-14)18(24)20-10-13-5-3-9-23-13/h2-9,11,16H,10H2,1H3/t16-/m0/s1. The molecule has 3 rings (SSSR count). The van der Waals surface area contributed by atoms with Gasteiger partial charge in [0.1, 0.15) is 5.76 Å². The normalized spacial score (nSPS) is 13.0. The number of hydrogen-bond acceptors (Lipinski definition) is 5. The fraction of sp³-hybridized carbons (Fsp3) is 0.167. The van der Waals surface area contributed by atoms with Gasteiger partial charge in [0.25, 0.3) is 0 Å². The summed E-state index contributed by atoms with van der Waals surface area (Å²) in [6.45, 7) is 2.26. The molecule has 0 N–H and O–H groups in total. The van der Waals surface area contributed by atoms with Gasteiger partial charge in [0.05, 0.1) is 22.0 Å². The van der Waals surface area contributed by atoms with Gasteiger partial charge in [-0.25, -0.2) is 0 Å². The molecule has 0 aliphatic heterocycles. The topological polar surface area (TPSA) is 46.5 Å². The molecule has 1 atom stereocenters. The Labute approximate surface area is 160 Å². The average Bonchev–Trinajstić information content (AvgIpc) is 3.24. The predicted molar refractivity (Wildman–Crippen MR) is 101 cm³/mol. The molecule has 0 saturated heterocycles. The third kappa shape index (κ3) is 4.34. The van der Waals surface area contributed by atoms with Gasteiger partial charge in [-0.1, -0.05) is 11.6 Å². The van der Waals surface area contributed by atoms with Gasteiger partial charge in [0, 0.05) is 11.6 Å². The molecule has 7 heteroatoms. The number of rotatable bonds is 6. The number of hydrogen-bond donors (Lipinski definition) is 0. The summed E-state index contributed by atoms with van der Waals surface area (Å²) in [7, 11) is 0. The molecule has 4 nitrogen and oxygen atoms in total. The van der Waals surface area contributed by atoms with Crippen molar-refractivity contribution in [3.05, 3.63) is 75.6 Å². The Kier molecular flexibility index (Phi) is 5.63. The zero-order valence-corrected chi connectivity index (χ0v) is 15.8. The third-order valence-electron chi connectivity index (χ3n) is 3.54. The van der Waals surface area contributed by atoms with Crippen molar-refractivity contribution in [2.75, 3.05) is 0 Å². The number of aliphatic imine (C=N–C) groups is 1. The third-order valence-corrected chi connectivity index (χ3v) is 5.14. The van der Waals surface area contributed by atoms with Crippen LogP contribution in [-0.4, -0.2) is 10.8 Å². The summed E-state index contributed by atoms with van der Waals surface area (Å²) in [4.78, 5) is 18.0. The minimum Gasteiger partial charge on any atom is -0.758 e. The van der Waals surface area contributed by atoms with Crippen LogP contribution in [0.4, 0.5) is 0 Å². The van der Waals surface area contributed by atoms with Crippen molar-refractivity contribution in [3.8, 4) is 0 Å². The lowest BCUT2D eigenvalue weighted by Gasteiger charge is -2.18. The average molecular weight is 391 g/mol. The van der Waals surface area contributed by atoms with Crippen molar-refractivity contribution in [3.63, 3.8) is 0 Å². The van der Waals surface area contributed by atoms with Gasteiger partial charge < -0.3 is 22.0 Å². The molecule has 3 aromatic rings. The number of furan rings is 1. The van der Waals surface area contributed by atoms with E-state index in [1.807, 2.05) is 37.5 Å². The van der Waals surface area contributed by atoms with Crippen LogP contribution >= 0.6 is 22.9 Å². The summed E-state index contributed by atoms with van der Waals surface area (Å²) in [5.74, 6) is 0.572. The zero-order chi connectivity index (χ0) is 17.8. The smallest absolute Gasteiger partial charge is 0.244 e. The fourth-order valence-electron chi connectivity index (χ4n) is 2.38. The predicted octanol–water partition coefficient (Wildman–Crippen LogP) is 4.16. The Hall–Kier alpha value is -2.02. The molecule has 0 aliphatic carbocycles. The molecule has 0 radical (unpaired) electrons. The molecule has 0 fully saturated rings. The number of nitrogens with zero attached hydrogens (tertiary/aromatic N) is 2. The van der Waals surface area contributed by atoms with Crippen molar-refractivity contribution in [1.82, 2.24) is 0 Å². The van der Waals surface area contributed by atoms with E-state index in [-0.39, 0.29) is 5.78 Å². The maximum absolute atomic E-state index is 13.0. The SMILES string of the molecule is Cc1ccc[n+]([C@@H](C(=O)c2ccc(Cl)s2)C([S-])=NCc2ccco2)c1. The molecule has 0 bridgehead atoms. The van der Waals surface area contributed by atoms with Crippen LogP contribution in [0.25, 0.3) is 0 Å². The van der Waals surface area contributed by atoms with Crippen LogP contribution in [-0.2, 0) is 19.2 Å². The quantitative estimate of drug-likeness (QED) is 0.209. The Morgan fingerprint density at radius 1 is 1.36 bits per heavy atom. The van der Waals surface area contributed by atoms with Crippen LogP contribution < -0.4 is 4.57 Å². The van der Waals surface area contributed by atoms with E-state index in [0.29, 0.717) is 26.6 Å². The van der Waals surface area contributed by atoms with Crippen LogP contribution in [0.2, 0.25) is 4.34 Å². The van der Waals surface area contributed by atoms with Gasteiger partial charge in [0.15, 0.2) is 12.4 Å². The van der Waals surface area contributed by atoms with E-state index in [1.54, 1.807) is 29.0 Å². The number of thiophene rings is 1. The van der Waals surface area contributed by atoms with Crippen molar-refractivity contribution in [2.45, 2.75) is 19.5 Å². The van der Waals surface area contributed by atoms with Crippen molar-refractivity contribution in [2.24, 2.45) is 4.99 Å². The monoisotopic (exact) mass is 390 g/mol. The molecule has 25 heavy (non-hydrogen) atoms. The number of carbonyl (C=O) groups excluding carboxylic acids is 1. The molecule has 0 amide bonds. The number of pyridine rings is 1. The molecule has 3 aromatic heterocycles. The Morgan fingerprint density at radius 2 is 2.20 bits per heavy atom. The lowest BCUT2D eigenvalue weighted by atomic mass is 10.1. The van der Waals surface area contributed by atoms with Crippen LogP contribution in [0.3, 0.4) is 0 Å². The first-order chi connectivity index (χ1) is 12.0. The van der Waals surface area contributed by atoms with Gasteiger partial charge >= 0.3 is 0 Å². The van der Waals surface area contributed by atoms with E-state index in [1.165, 1.54) is 11.3 Å². The summed E-state index contributed by atoms with van der Waals surface area (Å²) in [5.41, 5.74) is 1.03. The van der Waals surface area contributed by atoms with Gasteiger partial charge in [0.2, 0.25) is 11.8 Å². The Bertz CT molecular complexity index is 903. The van der Waals surface area contributed by atoms with Gasteiger partial charge in [-0.2, -0.15) is 4.57 Å². The molecular formula is C18H15ClN2O2S2. The molecule has 0 aromatic carbocycles. The minimum atomic E-state index is -0.695. The van der Waals surface area contributed by atoms with E-state index >= 15 is 0 Å². The Morgan fingerprint density at radius 3 is 2.84 bits per heavy atom. The number of ketones is 1. The maximum atomic E-state index is 13.0. The molecule has 0 unspecified atom stereocenters. The van der Waals surface area contributed by atoms with Gasteiger partial charge in [-0.3, -0.25) is 4.79 Å². The second-order valence-electron chi connectivity index (χ2n) is 5.43. The van der Waals surface area contributed by atoms with E-state index in [4.69, 9.17) is 28.6 Å². The lowest BCUT2D eigenvalue weighted by molar-refractivity contribution is -0.692. The number of Topliss-reactive ketones (excluding diaryl/α,β-unsaturated/α-hetero) is 1. The number of carbonyl (C=O) groups is 1. The van der Waals surface area contributed by atoms with Crippen LogP contribution in [0.5, 0.6) is 0 Å². The first-order valence-electron chi connectivity index (χ1n) is 7.55. The Balaban J connectivity index is 1.96. The van der Waals surface area contributed by atoms with Crippen LogP contribution in [0.15, 0.2) is 64.5 Å². The van der Waals surface area contributed by atoms with E-state index < -0.39 is 6.04 Å². The summed E-state index contributed by atoms with van der Waals surface area (Å²) >= 11 is 12.7. The van der Waals surface area contributed by atoms with Gasteiger partial charge in [-0.05, 0) is 42.3 Å². The van der Waals surface area contributed by atoms with Gasteiger partial charge in [-0.15, -0.1) is 11.3 Å². The highest BCUT2D eigenvalue weighted by Crippen LogP contribution is 2.24. The molecule has 0 aliphatic rings. The number of aromatic nitrogens is 1. The molecule has 0 saturated carbocycles. The molecule has 128 valence electrons. The second kappa shape index (κ2) is 7.91. The molecule has 0 spiro atoms. The zero-order valence-electron chi connectivity index (χ0n) is 13.4. The first kappa shape index (κ1) is 17.8. The fourth-order valence-corrected chi connectivity index (χ4v) is 3.68. The van der Waals surface area contributed by atoms with Crippen molar-refractivity contribution >= 4 is 46.4 Å². The summed E-state index contributed by atoms with van der Waals surface area (Å²) in [6, 6.07) is 10.2. The first-order valence-corrected chi connectivity index (χ1v) is 9.15. The molecule has 3 heterocycles. The van der Waals surface area contributed by atoms with E-state index in [0.717, 1.165) is 5.56 Å². The second-order valence-corrected chi connectivity index (χ2v) is 7.57. The van der Waals surface area contributed by atoms with Crippen molar-refractivity contribution < 1.29 is 13.8 Å².